The summed E-state index contributed by atoms with van der Waals surface area (Å²) in [6.45, 7) is 3.05. The summed E-state index contributed by atoms with van der Waals surface area (Å²) in [5.74, 6) is 1.63. The van der Waals surface area contributed by atoms with Crippen LogP contribution in [0.15, 0.2) is 60.8 Å². The van der Waals surface area contributed by atoms with Gasteiger partial charge in [0.25, 0.3) is 5.91 Å². The highest BCUT2D eigenvalue weighted by atomic mass is 16.5. The molecule has 0 fully saturated rings. The minimum absolute atomic E-state index is 0.279. The number of amides is 1. The normalized spacial score (nSPS) is 10.2. The summed E-state index contributed by atoms with van der Waals surface area (Å²) >= 11 is 0. The molecule has 0 aliphatic rings. The fourth-order valence-corrected chi connectivity index (χ4v) is 2.49. The largest absolute Gasteiger partial charge is 0.497 e. The molecule has 1 heterocycles. The van der Waals surface area contributed by atoms with Crippen LogP contribution in [0.2, 0.25) is 0 Å². The first-order valence-electron chi connectivity index (χ1n) is 8.92. The van der Waals surface area contributed by atoms with Gasteiger partial charge in [0.15, 0.2) is 0 Å². The Kier molecular flexibility index (Phi) is 6.41. The summed E-state index contributed by atoms with van der Waals surface area (Å²) in [4.78, 5) is 20.9. The maximum atomic E-state index is 12.4. The summed E-state index contributed by atoms with van der Waals surface area (Å²) in [7, 11) is 1.63. The first-order valence-corrected chi connectivity index (χ1v) is 8.92. The Labute approximate surface area is 163 Å². The van der Waals surface area contributed by atoms with Gasteiger partial charge in [0, 0.05) is 18.4 Å². The molecule has 0 saturated heterocycles. The van der Waals surface area contributed by atoms with Crippen LogP contribution in [0.25, 0.3) is 0 Å². The topological polar surface area (TPSA) is 85.4 Å². The Morgan fingerprint density at radius 2 is 1.71 bits per heavy atom. The van der Waals surface area contributed by atoms with E-state index in [-0.39, 0.29) is 11.6 Å². The highest BCUT2D eigenvalue weighted by molar-refractivity contribution is 6.02. The Morgan fingerprint density at radius 3 is 2.39 bits per heavy atom. The Balaban J connectivity index is 1.60. The predicted molar refractivity (Wildman–Crippen MR) is 108 cm³/mol. The zero-order valence-electron chi connectivity index (χ0n) is 15.8. The van der Waals surface area contributed by atoms with Crippen LogP contribution in [-0.2, 0) is 6.54 Å². The van der Waals surface area contributed by atoms with E-state index >= 15 is 0 Å². The molecule has 3 aromatic rings. The van der Waals surface area contributed by atoms with Crippen molar-refractivity contribution in [2.45, 2.75) is 13.5 Å². The molecule has 3 rings (SSSR count). The number of nitrogens with zero attached hydrogens (tertiary/aromatic N) is 2. The molecule has 1 amide bonds. The number of rotatable bonds is 8. The van der Waals surface area contributed by atoms with Crippen molar-refractivity contribution >= 4 is 17.5 Å². The van der Waals surface area contributed by atoms with Gasteiger partial charge in [-0.1, -0.05) is 12.1 Å². The van der Waals surface area contributed by atoms with Gasteiger partial charge in [-0.15, -0.1) is 0 Å². The number of carbonyl (C=O) groups is 1. The van der Waals surface area contributed by atoms with Crippen LogP contribution in [0.1, 0.15) is 23.0 Å². The van der Waals surface area contributed by atoms with E-state index in [1.54, 1.807) is 43.6 Å². The first-order chi connectivity index (χ1) is 13.7. The molecule has 0 atom stereocenters. The quantitative estimate of drug-likeness (QED) is 0.621. The third-order valence-electron chi connectivity index (χ3n) is 3.92. The van der Waals surface area contributed by atoms with Crippen molar-refractivity contribution in [3.63, 3.8) is 0 Å². The van der Waals surface area contributed by atoms with Crippen LogP contribution < -0.4 is 20.1 Å². The molecule has 1 aromatic heterocycles. The van der Waals surface area contributed by atoms with Gasteiger partial charge in [-0.3, -0.25) is 4.79 Å². The second kappa shape index (κ2) is 9.36. The average molecular weight is 378 g/mol. The number of benzene rings is 2. The standard InChI is InChI=1S/C21H22N4O3/c1-3-28-18-10-6-16(7-11-18)24-20(26)19-12-13-22-21(25-19)23-14-15-4-8-17(27-2)9-5-15/h4-13H,3,14H2,1-2H3,(H,24,26)(H,22,23,25). The van der Waals surface area contributed by atoms with Crippen LogP contribution >= 0.6 is 0 Å². The molecule has 0 aliphatic carbocycles. The molecule has 7 heteroatoms. The van der Waals surface area contributed by atoms with Crippen LogP contribution in [0, 0.1) is 0 Å². The third-order valence-corrected chi connectivity index (χ3v) is 3.92. The second-order valence-electron chi connectivity index (χ2n) is 5.88. The van der Waals surface area contributed by atoms with E-state index in [0.29, 0.717) is 24.8 Å². The minimum atomic E-state index is -0.306. The molecule has 28 heavy (non-hydrogen) atoms. The fraction of sp³-hybridized carbons (Fsp3) is 0.190. The van der Waals surface area contributed by atoms with Crippen molar-refractivity contribution in [1.82, 2.24) is 9.97 Å². The summed E-state index contributed by atoms with van der Waals surface area (Å²) < 4.78 is 10.5. The minimum Gasteiger partial charge on any atom is -0.497 e. The van der Waals surface area contributed by atoms with Crippen LogP contribution in [-0.4, -0.2) is 29.6 Å². The van der Waals surface area contributed by atoms with Gasteiger partial charge >= 0.3 is 0 Å². The van der Waals surface area contributed by atoms with Crippen LogP contribution in [0.3, 0.4) is 0 Å². The molecule has 0 spiro atoms. The van der Waals surface area contributed by atoms with Crippen molar-refractivity contribution in [3.8, 4) is 11.5 Å². The number of hydrogen-bond donors (Lipinski definition) is 2. The molecule has 0 radical (unpaired) electrons. The summed E-state index contributed by atoms with van der Waals surface area (Å²) in [5.41, 5.74) is 1.99. The van der Waals surface area contributed by atoms with Crippen molar-refractivity contribution in [1.29, 1.82) is 0 Å². The van der Waals surface area contributed by atoms with Gasteiger partial charge in [0.1, 0.15) is 17.2 Å². The Bertz CT molecular complexity index is 912. The van der Waals surface area contributed by atoms with Crippen molar-refractivity contribution in [2.24, 2.45) is 0 Å². The van der Waals surface area contributed by atoms with E-state index in [9.17, 15) is 4.79 Å². The second-order valence-corrected chi connectivity index (χ2v) is 5.88. The third kappa shape index (κ3) is 5.20. The Morgan fingerprint density at radius 1 is 1.00 bits per heavy atom. The zero-order valence-corrected chi connectivity index (χ0v) is 15.8. The van der Waals surface area contributed by atoms with Crippen molar-refractivity contribution < 1.29 is 14.3 Å². The van der Waals surface area contributed by atoms with Gasteiger partial charge in [-0.05, 0) is 55.0 Å². The molecule has 2 aromatic carbocycles. The lowest BCUT2D eigenvalue weighted by Gasteiger charge is -2.09. The highest BCUT2D eigenvalue weighted by Gasteiger charge is 2.09. The number of hydrogen-bond acceptors (Lipinski definition) is 6. The van der Waals surface area contributed by atoms with Crippen molar-refractivity contribution in [2.75, 3.05) is 24.4 Å². The van der Waals surface area contributed by atoms with Crippen molar-refractivity contribution in [3.05, 3.63) is 72.1 Å². The van der Waals surface area contributed by atoms with Crippen LogP contribution in [0.4, 0.5) is 11.6 Å². The lowest BCUT2D eigenvalue weighted by Crippen LogP contribution is -2.15. The molecule has 144 valence electrons. The highest BCUT2D eigenvalue weighted by Crippen LogP contribution is 2.16. The molecule has 0 bridgehead atoms. The van der Waals surface area contributed by atoms with Gasteiger partial charge in [-0.2, -0.15) is 0 Å². The molecule has 0 aliphatic heterocycles. The number of carbonyl (C=O) groups excluding carboxylic acids is 1. The van der Waals surface area contributed by atoms with Gasteiger partial charge < -0.3 is 20.1 Å². The monoisotopic (exact) mass is 378 g/mol. The lowest BCUT2D eigenvalue weighted by atomic mass is 10.2. The first kappa shape index (κ1) is 19.2. The van der Waals surface area contributed by atoms with Crippen LogP contribution in [0.5, 0.6) is 11.5 Å². The van der Waals surface area contributed by atoms with E-state index < -0.39 is 0 Å². The number of ether oxygens (including phenoxy) is 2. The molecular formula is C21H22N4O3. The predicted octanol–water partition coefficient (Wildman–Crippen LogP) is 3.75. The molecule has 0 saturated carbocycles. The van der Waals surface area contributed by atoms with E-state index in [1.807, 2.05) is 31.2 Å². The SMILES string of the molecule is CCOc1ccc(NC(=O)c2ccnc(NCc3ccc(OC)cc3)n2)cc1. The summed E-state index contributed by atoms with van der Waals surface area (Å²) in [6, 6.07) is 16.4. The van der Waals surface area contributed by atoms with E-state index in [0.717, 1.165) is 17.1 Å². The summed E-state index contributed by atoms with van der Waals surface area (Å²) in [6.07, 6.45) is 1.55. The number of aromatic nitrogens is 2. The smallest absolute Gasteiger partial charge is 0.274 e. The van der Waals surface area contributed by atoms with Gasteiger partial charge in [-0.25, -0.2) is 9.97 Å². The van der Waals surface area contributed by atoms with E-state index in [2.05, 4.69) is 20.6 Å². The van der Waals surface area contributed by atoms with Gasteiger partial charge in [0.2, 0.25) is 5.95 Å². The van der Waals surface area contributed by atoms with E-state index in [1.165, 1.54) is 0 Å². The fourth-order valence-electron chi connectivity index (χ4n) is 2.49. The molecule has 7 nitrogen and oxygen atoms in total. The summed E-state index contributed by atoms with van der Waals surface area (Å²) in [5, 5.41) is 5.93. The zero-order chi connectivity index (χ0) is 19.8. The lowest BCUT2D eigenvalue weighted by molar-refractivity contribution is 0.102. The number of anilines is 2. The molecule has 2 N–H and O–H groups in total. The maximum Gasteiger partial charge on any atom is 0.274 e. The average Bonchev–Trinajstić information content (AvgIpc) is 2.74. The molecular weight excluding hydrogens is 356 g/mol. The molecule has 0 unspecified atom stereocenters. The van der Waals surface area contributed by atoms with E-state index in [4.69, 9.17) is 9.47 Å². The maximum absolute atomic E-state index is 12.4. The number of nitrogens with one attached hydrogen (secondary N) is 2. The number of methoxy groups -OCH3 is 1. The van der Waals surface area contributed by atoms with Gasteiger partial charge in [0.05, 0.1) is 13.7 Å². The Hall–Kier alpha value is -3.61.